The van der Waals surface area contributed by atoms with Gasteiger partial charge < -0.3 is 20.0 Å². The van der Waals surface area contributed by atoms with Gasteiger partial charge in [0.25, 0.3) is 5.56 Å². The molecular weight excluding hydrogens is 424 g/mol. The third-order valence-electron chi connectivity index (χ3n) is 4.89. The number of halogens is 1. The fraction of sp³-hybridized carbons (Fsp3) is 0.190. The average Bonchev–Trinajstić information content (AvgIpc) is 3.10. The standard InChI is InChI=1S/C21H19ClN4O3S/c1-29-14-6-7-16-15(10-14)18-19(24-16)20(28)26(21(30)25-18)11-17(27)23-9-8-12-2-4-13(22)5-3-12/h2-7,10,24H,8-9,11H2,1H3,(H,23,27)(H,25,30). The molecular formula is C21H19ClN4O3S. The summed E-state index contributed by atoms with van der Waals surface area (Å²) in [6.07, 6.45) is 0.660. The third-order valence-corrected chi connectivity index (χ3v) is 5.47. The Hall–Kier alpha value is -3.10. The Morgan fingerprint density at radius 1 is 1.17 bits per heavy atom. The van der Waals surface area contributed by atoms with E-state index in [9.17, 15) is 9.59 Å². The maximum absolute atomic E-state index is 13.0. The van der Waals surface area contributed by atoms with Crippen LogP contribution in [0.25, 0.3) is 21.9 Å². The quantitative estimate of drug-likeness (QED) is 0.398. The molecule has 1 amide bonds. The molecule has 2 aromatic carbocycles. The van der Waals surface area contributed by atoms with Gasteiger partial charge in [0, 0.05) is 22.5 Å². The van der Waals surface area contributed by atoms with Crippen LogP contribution in [0.1, 0.15) is 5.56 Å². The van der Waals surface area contributed by atoms with E-state index in [4.69, 9.17) is 28.6 Å². The molecule has 0 fully saturated rings. The van der Waals surface area contributed by atoms with Gasteiger partial charge in [-0.1, -0.05) is 23.7 Å². The van der Waals surface area contributed by atoms with E-state index < -0.39 is 0 Å². The van der Waals surface area contributed by atoms with Gasteiger partial charge in [0.2, 0.25) is 5.91 Å². The van der Waals surface area contributed by atoms with Gasteiger partial charge >= 0.3 is 0 Å². The van der Waals surface area contributed by atoms with Gasteiger partial charge in [-0.25, -0.2) is 0 Å². The van der Waals surface area contributed by atoms with Crippen molar-refractivity contribution in [3.63, 3.8) is 0 Å². The van der Waals surface area contributed by atoms with Gasteiger partial charge in [0.05, 0.1) is 12.6 Å². The van der Waals surface area contributed by atoms with Gasteiger partial charge in [-0.15, -0.1) is 0 Å². The number of ether oxygens (including phenoxy) is 1. The van der Waals surface area contributed by atoms with Crippen LogP contribution in [0.15, 0.2) is 47.3 Å². The van der Waals surface area contributed by atoms with Gasteiger partial charge in [0.1, 0.15) is 17.8 Å². The lowest BCUT2D eigenvalue weighted by Crippen LogP contribution is -2.34. The highest BCUT2D eigenvalue weighted by Crippen LogP contribution is 2.25. The molecule has 0 saturated carbocycles. The van der Waals surface area contributed by atoms with E-state index in [2.05, 4.69) is 15.3 Å². The smallest absolute Gasteiger partial charge is 0.279 e. The molecule has 0 aliphatic heterocycles. The molecule has 0 radical (unpaired) electrons. The SMILES string of the molecule is COc1ccc2[nH]c3c(=O)n(CC(=O)NCCc4ccc(Cl)cc4)c(=S)[nH]c3c2c1. The lowest BCUT2D eigenvalue weighted by atomic mass is 10.1. The summed E-state index contributed by atoms with van der Waals surface area (Å²) in [5.74, 6) is 0.384. The molecule has 0 bridgehead atoms. The molecule has 30 heavy (non-hydrogen) atoms. The Balaban J connectivity index is 1.54. The number of benzene rings is 2. The number of hydrogen-bond acceptors (Lipinski definition) is 4. The Kier molecular flexibility index (Phi) is 5.61. The van der Waals surface area contributed by atoms with Gasteiger partial charge in [-0.3, -0.25) is 14.2 Å². The monoisotopic (exact) mass is 442 g/mol. The van der Waals surface area contributed by atoms with Crippen LogP contribution >= 0.6 is 23.8 Å². The number of fused-ring (bicyclic) bond motifs is 3. The van der Waals surface area contributed by atoms with Crippen LogP contribution in [0.5, 0.6) is 5.75 Å². The van der Waals surface area contributed by atoms with E-state index in [0.717, 1.165) is 16.5 Å². The summed E-state index contributed by atoms with van der Waals surface area (Å²) in [4.78, 5) is 31.5. The minimum Gasteiger partial charge on any atom is -0.497 e. The van der Waals surface area contributed by atoms with E-state index in [-0.39, 0.29) is 22.8 Å². The van der Waals surface area contributed by atoms with E-state index in [0.29, 0.717) is 34.8 Å². The normalized spacial score (nSPS) is 11.1. The second-order valence-electron chi connectivity index (χ2n) is 6.83. The van der Waals surface area contributed by atoms with E-state index >= 15 is 0 Å². The highest BCUT2D eigenvalue weighted by atomic mass is 35.5. The largest absolute Gasteiger partial charge is 0.497 e. The molecule has 2 heterocycles. The topological polar surface area (TPSA) is 91.9 Å². The van der Waals surface area contributed by atoms with Crippen molar-refractivity contribution in [1.29, 1.82) is 0 Å². The van der Waals surface area contributed by atoms with Crippen molar-refractivity contribution in [3.05, 3.63) is 68.2 Å². The molecule has 9 heteroatoms. The van der Waals surface area contributed by atoms with Crippen LogP contribution in [-0.4, -0.2) is 34.1 Å². The number of nitrogens with zero attached hydrogens (tertiary/aromatic N) is 1. The number of aromatic amines is 2. The van der Waals surface area contributed by atoms with E-state index in [1.807, 2.05) is 36.4 Å². The summed E-state index contributed by atoms with van der Waals surface area (Å²) in [6.45, 7) is 0.281. The Labute approximate surface area is 181 Å². The molecule has 0 aliphatic rings. The summed E-state index contributed by atoms with van der Waals surface area (Å²) in [7, 11) is 1.58. The summed E-state index contributed by atoms with van der Waals surface area (Å²) >= 11 is 11.2. The molecule has 0 unspecified atom stereocenters. The number of carbonyl (C=O) groups is 1. The first-order valence-corrected chi connectivity index (χ1v) is 10.1. The zero-order valence-corrected chi connectivity index (χ0v) is 17.7. The van der Waals surface area contributed by atoms with Crippen LogP contribution in [0, 0.1) is 4.77 Å². The van der Waals surface area contributed by atoms with Crippen molar-refractivity contribution in [2.45, 2.75) is 13.0 Å². The fourth-order valence-electron chi connectivity index (χ4n) is 3.33. The van der Waals surface area contributed by atoms with Crippen LogP contribution < -0.4 is 15.6 Å². The number of methoxy groups -OCH3 is 1. The molecule has 7 nitrogen and oxygen atoms in total. The first-order valence-electron chi connectivity index (χ1n) is 9.30. The molecule has 0 spiro atoms. The first-order chi connectivity index (χ1) is 14.5. The maximum Gasteiger partial charge on any atom is 0.279 e. The first kappa shape index (κ1) is 20.2. The molecule has 0 atom stereocenters. The van der Waals surface area contributed by atoms with Crippen LogP contribution in [0.4, 0.5) is 0 Å². The number of nitrogens with one attached hydrogen (secondary N) is 3. The van der Waals surface area contributed by atoms with Gasteiger partial charge in [-0.05, 0) is 54.5 Å². The Bertz CT molecular complexity index is 1360. The zero-order chi connectivity index (χ0) is 21.3. The third kappa shape index (κ3) is 3.96. The molecule has 2 aromatic heterocycles. The van der Waals surface area contributed by atoms with Gasteiger partial charge in [0.15, 0.2) is 4.77 Å². The summed E-state index contributed by atoms with van der Waals surface area (Å²) in [5, 5.41) is 4.29. The summed E-state index contributed by atoms with van der Waals surface area (Å²) in [5.41, 5.74) is 2.44. The minimum absolute atomic E-state index is 0.163. The lowest BCUT2D eigenvalue weighted by molar-refractivity contribution is -0.121. The molecule has 0 aliphatic carbocycles. The number of H-pyrrole nitrogens is 2. The summed E-state index contributed by atoms with van der Waals surface area (Å²) < 4.78 is 6.69. The van der Waals surface area contributed by atoms with Crippen molar-refractivity contribution in [2.75, 3.05) is 13.7 Å². The predicted molar refractivity (Wildman–Crippen MR) is 120 cm³/mol. The van der Waals surface area contributed by atoms with Crippen LogP contribution in [-0.2, 0) is 17.8 Å². The average molecular weight is 443 g/mol. The Morgan fingerprint density at radius 3 is 2.67 bits per heavy atom. The van der Waals surface area contributed by atoms with Crippen molar-refractivity contribution in [2.24, 2.45) is 0 Å². The molecule has 0 saturated heterocycles. The van der Waals surface area contributed by atoms with Crippen molar-refractivity contribution in [3.8, 4) is 5.75 Å². The predicted octanol–water partition coefficient (Wildman–Crippen LogP) is 3.56. The highest BCUT2D eigenvalue weighted by molar-refractivity contribution is 7.71. The second kappa shape index (κ2) is 8.33. The molecule has 3 N–H and O–H groups in total. The zero-order valence-electron chi connectivity index (χ0n) is 16.1. The number of rotatable bonds is 6. The van der Waals surface area contributed by atoms with E-state index in [1.54, 1.807) is 13.2 Å². The number of hydrogen-bond donors (Lipinski definition) is 3. The Morgan fingerprint density at radius 2 is 1.93 bits per heavy atom. The molecule has 4 rings (SSSR count). The minimum atomic E-state index is -0.350. The van der Waals surface area contributed by atoms with E-state index in [1.165, 1.54) is 4.57 Å². The van der Waals surface area contributed by atoms with Crippen LogP contribution in [0.3, 0.4) is 0 Å². The molecule has 154 valence electrons. The van der Waals surface area contributed by atoms with Crippen molar-refractivity contribution >= 4 is 51.7 Å². The number of amides is 1. The van der Waals surface area contributed by atoms with Crippen LogP contribution in [0.2, 0.25) is 5.02 Å². The fourth-order valence-corrected chi connectivity index (χ4v) is 3.71. The second-order valence-corrected chi connectivity index (χ2v) is 7.66. The van der Waals surface area contributed by atoms with Crippen molar-refractivity contribution in [1.82, 2.24) is 19.9 Å². The summed E-state index contributed by atoms with van der Waals surface area (Å²) in [6, 6.07) is 12.9. The van der Waals surface area contributed by atoms with Gasteiger partial charge in [-0.2, -0.15) is 0 Å². The maximum atomic E-state index is 13.0. The lowest BCUT2D eigenvalue weighted by Gasteiger charge is -2.08. The number of aromatic nitrogens is 3. The highest BCUT2D eigenvalue weighted by Gasteiger charge is 2.14. The molecule has 4 aromatic rings. The van der Waals surface area contributed by atoms with Crippen molar-refractivity contribution < 1.29 is 9.53 Å². The number of carbonyl (C=O) groups excluding carboxylic acids is 1.